The molecule has 0 spiro atoms. The molecule has 0 saturated heterocycles. The maximum absolute atomic E-state index is 14.3. The number of rotatable bonds is 5. The third-order valence-corrected chi connectivity index (χ3v) is 4.71. The maximum Gasteiger partial charge on any atom is 0.337 e. The third kappa shape index (κ3) is 3.51. The van der Waals surface area contributed by atoms with Crippen LogP contribution in [-0.4, -0.2) is 48.7 Å². The number of anilines is 1. The fraction of sp³-hybridized carbons (Fsp3) is 0.286. The zero-order valence-electron chi connectivity index (χ0n) is 12.3. The molecule has 0 unspecified atom stereocenters. The van der Waals surface area contributed by atoms with E-state index in [0.29, 0.717) is 0 Å². The van der Waals surface area contributed by atoms with Gasteiger partial charge in [0, 0.05) is 11.0 Å². The lowest BCUT2D eigenvalue weighted by Crippen LogP contribution is -2.31. The van der Waals surface area contributed by atoms with Crippen molar-refractivity contribution in [1.82, 2.24) is 4.90 Å². The summed E-state index contributed by atoms with van der Waals surface area (Å²) in [4.78, 5) is 25.5. The largest absolute Gasteiger partial charge is 0.466 e. The molecule has 1 aliphatic heterocycles. The molecule has 1 heterocycles. The SMILES string of the molecule is COC(=O)C1=C(Nc2c(Br)cc(Cl)c(Cl)c2F)C(=O)N(CCO)C1. The van der Waals surface area contributed by atoms with Crippen LogP contribution in [0.3, 0.4) is 0 Å². The van der Waals surface area contributed by atoms with Crippen LogP contribution in [0, 0.1) is 5.82 Å². The Morgan fingerprint density at radius 3 is 2.79 bits per heavy atom. The number of nitrogens with zero attached hydrogens (tertiary/aromatic N) is 1. The van der Waals surface area contributed by atoms with Crippen molar-refractivity contribution >= 4 is 56.7 Å². The van der Waals surface area contributed by atoms with Crippen LogP contribution in [0.2, 0.25) is 10.0 Å². The van der Waals surface area contributed by atoms with E-state index >= 15 is 0 Å². The molecule has 0 aliphatic carbocycles. The van der Waals surface area contributed by atoms with Gasteiger partial charge in [-0.2, -0.15) is 0 Å². The Balaban J connectivity index is 2.47. The summed E-state index contributed by atoms with van der Waals surface area (Å²) >= 11 is 14.7. The maximum atomic E-state index is 14.3. The Kier molecular flexibility index (Phi) is 6.08. The molecule has 1 aromatic rings. The normalized spacial score (nSPS) is 14.4. The molecule has 24 heavy (non-hydrogen) atoms. The number of carbonyl (C=O) groups excluding carboxylic acids is 2. The standard InChI is InChI=1S/C14H12BrCl2FN2O4/c1-24-14(23)6-5-20(2-3-21)13(22)11(6)19-12-7(15)4-8(16)9(17)10(12)18/h4,19,21H,2-3,5H2,1H3. The van der Waals surface area contributed by atoms with E-state index in [-0.39, 0.29) is 51.2 Å². The van der Waals surface area contributed by atoms with E-state index < -0.39 is 17.7 Å². The van der Waals surface area contributed by atoms with Gasteiger partial charge in [-0.25, -0.2) is 9.18 Å². The Morgan fingerprint density at radius 2 is 2.21 bits per heavy atom. The molecule has 0 bridgehead atoms. The second kappa shape index (κ2) is 7.69. The van der Waals surface area contributed by atoms with Gasteiger partial charge in [-0.15, -0.1) is 0 Å². The summed E-state index contributed by atoms with van der Waals surface area (Å²) < 4.78 is 19.2. The molecule has 0 aromatic heterocycles. The first-order chi connectivity index (χ1) is 11.3. The van der Waals surface area contributed by atoms with Gasteiger partial charge in [0.15, 0.2) is 5.82 Å². The third-order valence-electron chi connectivity index (χ3n) is 3.32. The smallest absolute Gasteiger partial charge is 0.337 e. The highest BCUT2D eigenvalue weighted by molar-refractivity contribution is 9.10. The number of aliphatic hydroxyl groups is 1. The number of benzene rings is 1. The van der Waals surface area contributed by atoms with Crippen molar-refractivity contribution in [2.24, 2.45) is 0 Å². The Hall–Kier alpha value is -1.35. The molecule has 2 N–H and O–H groups in total. The van der Waals surface area contributed by atoms with Crippen molar-refractivity contribution in [2.75, 3.05) is 32.1 Å². The first-order valence-electron chi connectivity index (χ1n) is 6.63. The van der Waals surface area contributed by atoms with Crippen LogP contribution >= 0.6 is 39.1 Å². The molecule has 130 valence electrons. The first-order valence-corrected chi connectivity index (χ1v) is 8.18. The van der Waals surface area contributed by atoms with Gasteiger partial charge in [-0.05, 0) is 22.0 Å². The lowest BCUT2D eigenvalue weighted by Gasteiger charge is -2.16. The van der Waals surface area contributed by atoms with Crippen molar-refractivity contribution < 1.29 is 23.8 Å². The summed E-state index contributed by atoms with van der Waals surface area (Å²) in [5.41, 5.74) is -0.262. The number of nitrogens with one attached hydrogen (secondary N) is 1. The minimum atomic E-state index is -0.874. The van der Waals surface area contributed by atoms with E-state index in [4.69, 9.17) is 28.3 Å². The molecule has 0 fully saturated rings. The van der Waals surface area contributed by atoms with Crippen LogP contribution in [0.15, 0.2) is 21.8 Å². The van der Waals surface area contributed by atoms with Crippen molar-refractivity contribution in [1.29, 1.82) is 0 Å². The molecule has 0 atom stereocenters. The van der Waals surface area contributed by atoms with E-state index in [1.807, 2.05) is 0 Å². The summed E-state index contributed by atoms with van der Waals surface area (Å²) in [5.74, 6) is -2.18. The average Bonchev–Trinajstić information content (AvgIpc) is 2.85. The van der Waals surface area contributed by atoms with Gasteiger partial charge in [0.05, 0.1) is 41.6 Å². The summed E-state index contributed by atoms with van der Waals surface area (Å²) in [6.07, 6.45) is 0. The number of β-amino-alcohol motifs (C(OH)–C–C–N with tert-alkyl or cyclic N) is 1. The van der Waals surface area contributed by atoms with Gasteiger partial charge < -0.3 is 20.1 Å². The Morgan fingerprint density at radius 1 is 1.54 bits per heavy atom. The van der Waals surface area contributed by atoms with Crippen molar-refractivity contribution in [3.8, 4) is 0 Å². The van der Waals surface area contributed by atoms with Gasteiger partial charge in [0.25, 0.3) is 5.91 Å². The van der Waals surface area contributed by atoms with Crippen molar-refractivity contribution in [3.05, 3.63) is 37.7 Å². The fourth-order valence-corrected chi connectivity index (χ4v) is 3.13. The van der Waals surface area contributed by atoms with Crippen LogP contribution in [-0.2, 0) is 14.3 Å². The minimum absolute atomic E-state index is 0.00609. The highest BCUT2D eigenvalue weighted by Gasteiger charge is 2.35. The number of hydrogen-bond acceptors (Lipinski definition) is 5. The molecule has 10 heteroatoms. The molecule has 1 aromatic carbocycles. The molecule has 0 saturated carbocycles. The quantitative estimate of drug-likeness (QED) is 0.417. The number of halogens is 4. The summed E-state index contributed by atoms with van der Waals surface area (Å²) in [6, 6.07) is 1.36. The fourth-order valence-electron chi connectivity index (χ4n) is 2.15. The predicted molar refractivity (Wildman–Crippen MR) is 90.5 cm³/mol. The van der Waals surface area contributed by atoms with E-state index in [2.05, 4.69) is 26.0 Å². The molecule has 6 nitrogen and oxygen atoms in total. The first kappa shape index (κ1) is 19.0. The highest BCUT2D eigenvalue weighted by atomic mass is 79.9. The Bertz CT molecular complexity index is 742. The summed E-state index contributed by atoms with van der Waals surface area (Å²) in [7, 11) is 1.17. The second-order valence-electron chi connectivity index (χ2n) is 4.76. The van der Waals surface area contributed by atoms with Gasteiger partial charge in [-0.1, -0.05) is 23.2 Å². The molecule has 1 aliphatic rings. The topological polar surface area (TPSA) is 78.9 Å². The number of ether oxygens (including phenoxy) is 1. The van der Waals surface area contributed by atoms with Crippen LogP contribution in [0.25, 0.3) is 0 Å². The van der Waals surface area contributed by atoms with Gasteiger partial charge in [-0.3, -0.25) is 4.79 Å². The minimum Gasteiger partial charge on any atom is -0.466 e. The van der Waals surface area contributed by atoms with Crippen LogP contribution in [0.5, 0.6) is 0 Å². The molecular formula is C14H12BrCl2FN2O4. The number of aliphatic hydroxyl groups excluding tert-OH is 1. The Labute approximate surface area is 155 Å². The molecule has 2 rings (SSSR count). The monoisotopic (exact) mass is 440 g/mol. The van der Waals surface area contributed by atoms with E-state index in [0.717, 1.165) is 0 Å². The van der Waals surface area contributed by atoms with Gasteiger partial charge in [0.1, 0.15) is 5.70 Å². The van der Waals surface area contributed by atoms with Gasteiger partial charge in [0.2, 0.25) is 0 Å². The number of methoxy groups -OCH3 is 1. The van der Waals surface area contributed by atoms with Crippen molar-refractivity contribution in [2.45, 2.75) is 0 Å². The lowest BCUT2D eigenvalue weighted by molar-refractivity contribution is -0.136. The predicted octanol–water partition coefficient (Wildman–Crippen LogP) is 2.57. The number of carbonyl (C=O) groups is 2. The zero-order chi connectivity index (χ0) is 18.0. The van der Waals surface area contributed by atoms with E-state index in [9.17, 15) is 14.0 Å². The number of amides is 1. The molecule has 0 radical (unpaired) electrons. The molecule has 1 amide bonds. The van der Waals surface area contributed by atoms with Crippen LogP contribution in [0.4, 0.5) is 10.1 Å². The second-order valence-corrected chi connectivity index (χ2v) is 6.40. The zero-order valence-corrected chi connectivity index (χ0v) is 15.4. The average molecular weight is 442 g/mol. The van der Waals surface area contributed by atoms with E-state index in [1.165, 1.54) is 18.1 Å². The number of hydrogen-bond donors (Lipinski definition) is 2. The van der Waals surface area contributed by atoms with E-state index in [1.54, 1.807) is 0 Å². The lowest BCUT2D eigenvalue weighted by atomic mass is 10.2. The molecular weight excluding hydrogens is 430 g/mol. The van der Waals surface area contributed by atoms with Gasteiger partial charge >= 0.3 is 5.97 Å². The highest BCUT2D eigenvalue weighted by Crippen LogP contribution is 2.37. The number of esters is 1. The van der Waals surface area contributed by atoms with Crippen LogP contribution in [0.1, 0.15) is 0 Å². The van der Waals surface area contributed by atoms with Crippen molar-refractivity contribution in [3.63, 3.8) is 0 Å². The summed E-state index contributed by atoms with van der Waals surface area (Å²) in [5, 5.41) is 11.3. The summed E-state index contributed by atoms with van der Waals surface area (Å²) in [6.45, 7) is -0.317. The van der Waals surface area contributed by atoms with Crippen LogP contribution < -0.4 is 5.32 Å².